The third kappa shape index (κ3) is 4.25. The van der Waals surface area contributed by atoms with Crippen molar-refractivity contribution in [1.82, 2.24) is 9.88 Å². The third-order valence-electron chi connectivity index (χ3n) is 2.78. The standard InChI is InChI=1S/C14H20N4O/c1-3-8-17-13-6-9-16-11-12(13)14(19)18(4-2)10-5-7-15/h6,9,11H,3-5,8,10H2,1-2H3,(H,16,17). The Hall–Kier alpha value is -2.09. The lowest BCUT2D eigenvalue weighted by Crippen LogP contribution is -2.32. The van der Waals surface area contributed by atoms with E-state index in [1.807, 2.05) is 6.92 Å². The Morgan fingerprint density at radius 3 is 2.95 bits per heavy atom. The number of amides is 1. The Bertz CT molecular complexity index is 453. The van der Waals surface area contributed by atoms with Gasteiger partial charge in [-0.3, -0.25) is 9.78 Å². The fraction of sp³-hybridized carbons (Fsp3) is 0.500. The van der Waals surface area contributed by atoms with Crippen LogP contribution >= 0.6 is 0 Å². The van der Waals surface area contributed by atoms with Crippen LogP contribution in [0.2, 0.25) is 0 Å². The number of pyridine rings is 1. The number of carbonyl (C=O) groups is 1. The molecule has 1 rings (SSSR count). The Labute approximate surface area is 114 Å². The first kappa shape index (κ1) is 15.0. The van der Waals surface area contributed by atoms with Gasteiger partial charge < -0.3 is 10.2 Å². The molecule has 1 aromatic heterocycles. The quantitative estimate of drug-likeness (QED) is 0.816. The number of nitriles is 1. The lowest BCUT2D eigenvalue weighted by Gasteiger charge is -2.21. The Morgan fingerprint density at radius 1 is 1.53 bits per heavy atom. The lowest BCUT2D eigenvalue weighted by atomic mass is 10.2. The number of aromatic nitrogens is 1. The average molecular weight is 260 g/mol. The van der Waals surface area contributed by atoms with Crippen LogP contribution in [0.15, 0.2) is 18.5 Å². The normalized spacial score (nSPS) is 9.74. The highest BCUT2D eigenvalue weighted by molar-refractivity contribution is 5.99. The van der Waals surface area contributed by atoms with E-state index in [1.165, 1.54) is 0 Å². The van der Waals surface area contributed by atoms with Gasteiger partial charge in [0.2, 0.25) is 0 Å². The van der Waals surface area contributed by atoms with Crippen LogP contribution < -0.4 is 5.32 Å². The van der Waals surface area contributed by atoms with Crippen molar-refractivity contribution < 1.29 is 4.79 Å². The van der Waals surface area contributed by atoms with Crippen molar-refractivity contribution in [2.75, 3.05) is 25.0 Å². The van der Waals surface area contributed by atoms with Gasteiger partial charge in [0.05, 0.1) is 23.7 Å². The van der Waals surface area contributed by atoms with Gasteiger partial charge in [-0.1, -0.05) is 6.92 Å². The molecule has 19 heavy (non-hydrogen) atoms. The van der Waals surface area contributed by atoms with Crippen molar-refractivity contribution in [1.29, 1.82) is 5.26 Å². The van der Waals surface area contributed by atoms with Gasteiger partial charge in [0.15, 0.2) is 0 Å². The van der Waals surface area contributed by atoms with Crippen molar-refractivity contribution in [2.45, 2.75) is 26.7 Å². The maximum Gasteiger partial charge on any atom is 0.257 e. The van der Waals surface area contributed by atoms with Crippen LogP contribution in [-0.4, -0.2) is 35.4 Å². The molecule has 5 heteroatoms. The first-order valence-corrected chi connectivity index (χ1v) is 6.58. The highest BCUT2D eigenvalue weighted by Gasteiger charge is 2.17. The Balaban J connectivity index is 2.88. The fourth-order valence-corrected chi connectivity index (χ4v) is 1.74. The minimum absolute atomic E-state index is 0.0792. The first-order valence-electron chi connectivity index (χ1n) is 6.58. The second kappa shape index (κ2) is 8.09. The molecular formula is C14H20N4O. The molecule has 0 spiro atoms. The van der Waals surface area contributed by atoms with Gasteiger partial charge in [0.25, 0.3) is 5.91 Å². The predicted molar refractivity (Wildman–Crippen MR) is 74.8 cm³/mol. The highest BCUT2D eigenvalue weighted by atomic mass is 16.2. The molecule has 0 saturated heterocycles. The molecule has 0 aliphatic rings. The molecule has 0 saturated carbocycles. The Morgan fingerprint density at radius 2 is 2.32 bits per heavy atom. The molecule has 1 aromatic rings. The third-order valence-corrected chi connectivity index (χ3v) is 2.78. The van der Waals surface area contributed by atoms with E-state index in [4.69, 9.17) is 5.26 Å². The van der Waals surface area contributed by atoms with Gasteiger partial charge in [-0.2, -0.15) is 5.26 Å². The molecule has 0 fully saturated rings. The lowest BCUT2D eigenvalue weighted by molar-refractivity contribution is 0.0768. The van der Waals surface area contributed by atoms with Crippen LogP contribution in [0.4, 0.5) is 5.69 Å². The Kier molecular flexibility index (Phi) is 6.37. The maximum atomic E-state index is 12.4. The number of anilines is 1. The molecule has 102 valence electrons. The van der Waals surface area contributed by atoms with Crippen molar-refractivity contribution in [2.24, 2.45) is 0 Å². The maximum absolute atomic E-state index is 12.4. The summed E-state index contributed by atoms with van der Waals surface area (Å²) < 4.78 is 0. The molecule has 0 atom stereocenters. The van der Waals surface area contributed by atoms with E-state index in [9.17, 15) is 4.79 Å². The molecule has 0 aromatic carbocycles. The van der Waals surface area contributed by atoms with Gasteiger partial charge in [0, 0.05) is 32.0 Å². The summed E-state index contributed by atoms with van der Waals surface area (Å²) >= 11 is 0. The topological polar surface area (TPSA) is 69.0 Å². The minimum atomic E-state index is -0.0792. The van der Waals surface area contributed by atoms with E-state index >= 15 is 0 Å². The van der Waals surface area contributed by atoms with Crippen LogP contribution in [0, 0.1) is 11.3 Å². The summed E-state index contributed by atoms with van der Waals surface area (Å²) in [5.41, 5.74) is 1.37. The van der Waals surface area contributed by atoms with Crippen LogP contribution in [0.3, 0.4) is 0 Å². The summed E-state index contributed by atoms with van der Waals surface area (Å²) in [6.45, 7) is 5.83. The molecule has 0 aliphatic heterocycles. The number of nitrogens with zero attached hydrogens (tertiary/aromatic N) is 3. The summed E-state index contributed by atoms with van der Waals surface area (Å²) in [6, 6.07) is 3.87. The van der Waals surface area contributed by atoms with E-state index in [1.54, 1.807) is 23.4 Å². The molecule has 0 bridgehead atoms. The summed E-state index contributed by atoms with van der Waals surface area (Å²) in [6.07, 6.45) is 4.58. The zero-order valence-electron chi connectivity index (χ0n) is 11.5. The molecule has 0 aliphatic carbocycles. The zero-order valence-corrected chi connectivity index (χ0v) is 11.5. The monoisotopic (exact) mass is 260 g/mol. The molecule has 0 radical (unpaired) electrons. The number of carbonyl (C=O) groups excluding carboxylic acids is 1. The molecule has 5 nitrogen and oxygen atoms in total. The number of nitrogens with one attached hydrogen (secondary N) is 1. The minimum Gasteiger partial charge on any atom is -0.384 e. The van der Waals surface area contributed by atoms with E-state index in [0.717, 1.165) is 18.7 Å². The van der Waals surface area contributed by atoms with E-state index < -0.39 is 0 Å². The highest BCUT2D eigenvalue weighted by Crippen LogP contribution is 2.16. The molecule has 1 heterocycles. The molecule has 0 unspecified atom stereocenters. The average Bonchev–Trinajstić information content (AvgIpc) is 2.46. The smallest absolute Gasteiger partial charge is 0.257 e. The van der Waals surface area contributed by atoms with E-state index in [-0.39, 0.29) is 5.91 Å². The number of hydrogen-bond donors (Lipinski definition) is 1. The summed E-state index contributed by atoms with van der Waals surface area (Å²) in [5, 5.41) is 11.8. The molecular weight excluding hydrogens is 240 g/mol. The summed E-state index contributed by atoms with van der Waals surface area (Å²) in [7, 11) is 0. The van der Waals surface area contributed by atoms with Gasteiger partial charge >= 0.3 is 0 Å². The van der Waals surface area contributed by atoms with Crippen molar-refractivity contribution in [3.63, 3.8) is 0 Å². The number of hydrogen-bond acceptors (Lipinski definition) is 4. The molecule has 1 N–H and O–H groups in total. The first-order chi connectivity index (χ1) is 9.24. The van der Waals surface area contributed by atoms with Crippen molar-refractivity contribution in [3.05, 3.63) is 24.0 Å². The number of rotatable bonds is 7. The van der Waals surface area contributed by atoms with Gasteiger partial charge in [-0.15, -0.1) is 0 Å². The summed E-state index contributed by atoms with van der Waals surface area (Å²) in [4.78, 5) is 18.1. The van der Waals surface area contributed by atoms with E-state index in [2.05, 4.69) is 23.3 Å². The second-order valence-corrected chi connectivity index (χ2v) is 4.14. The van der Waals surface area contributed by atoms with Crippen LogP contribution in [-0.2, 0) is 0 Å². The van der Waals surface area contributed by atoms with Crippen molar-refractivity contribution >= 4 is 11.6 Å². The van der Waals surface area contributed by atoms with E-state index in [0.29, 0.717) is 25.1 Å². The van der Waals surface area contributed by atoms with Crippen molar-refractivity contribution in [3.8, 4) is 6.07 Å². The summed E-state index contributed by atoms with van der Waals surface area (Å²) in [5.74, 6) is -0.0792. The fourth-order valence-electron chi connectivity index (χ4n) is 1.74. The van der Waals surface area contributed by atoms with Crippen LogP contribution in [0.5, 0.6) is 0 Å². The predicted octanol–water partition coefficient (Wildman–Crippen LogP) is 2.28. The van der Waals surface area contributed by atoms with Gasteiger partial charge in [0.1, 0.15) is 0 Å². The van der Waals surface area contributed by atoms with Crippen LogP contribution in [0.1, 0.15) is 37.0 Å². The van der Waals surface area contributed by atoms with Gasteiger partial charge in [-0.25, -0.2) is 0 Å². The SMILES string of the molecule is CCCNc1ccncc1C(=O)N(CC)CCC#N. The molecule has 1 amide bonds. The largest absolute Gasteiger partial charge is 0.384 e. The second-order valence-electron chi connectivity index (χ2n) is 4.14. The zero-order chi connectivity index (χ0) is 14.1. The van der Waals surface area contributed by atoms with Gasteiger partial charge in [-0.05, 0) is 19.4 Å². The van der Waals surface area contributed by atoms with Crippen LogP contribution in [0.25, 0.3) is 0 Å².